The maximum atomic E-state index is 12.9. The maximum Gasteiger partial charge on any atom is 0.412 e. The Labute approximate surface area is 190 Å². The molecule has 0 unspecified atom stereocenters. The van der Waals surface area contributed by atoms with Crippen LogP contribution in [0.25, 0.3) is 0 Å². The van der Waals surface area contributed by atoms with Crippen LogP contribution < -0.4 is 4.90 Å². The normalized spacial score (nSPS) is 18.0. The van der Waals surface area contributed by atoms with E-state index in [4.69, 9.17) is 16.3 Å². The van der Waals surface area contributed by atoms with Gasteiger partial charge in [0.1, 0.15) is 11.5 Å². The molecule has 0 aliphatic carbocycles. The number of hydrogen-bond acceptors (Lipinski definition) is 7. The zero-order valence-corrected chi connectivity index (χ0v) is 18.3. The third-order valence-corrected chi connectivity index (χ3v) is 5.12. The van der Waals surface area contributed by atoms with Gasteiger partial charge < -0.3 is 9.64 Å². The van der Waals surface area contributed by atoms with Crippen LogP contribution in [0.4, 0.5) is 10.6 Å². The van der Waals surface area contributed by atoms with E-state index in [9.17, 15) is 9.59 Å². The molecule has 9 nitrogen and oxygen atoms in total. The minimum absolute atomic E-state index is 0. The average Bonchev–Trinajstić information content (AvgIpc) is 3.05. The predicted molar refractivity (Wildman–Crippen MR) is 116 cm³/mol. The van der Waals surface area contributed by atoms with Gasteiger partial charge in [0, 0.05) is 44.8 Å². The molecule has 0 spiro atoms. The number of nitrogens with zero attached hydrogens (tertiary/aromatic N) is 6. The van der Waals surface area contributed by atoms with Gasteiger partial charge in [-0.15, -0.1) is 18.3 Å². The highest BCUT2D eigenvalue weighted by Crippen LogP contribution is 2.35. The van der Waals surface area contributed by atoms with Gasteiger partial charge in [-0.3, -0.25) is 14.7 Å². The summed E-state index contributed by atoms with van der Waals surface area (Å²) in [6.07, 6.45) is 2.73. The molecule has 2 amide bonds. The van der Waals surface area contributed by atoms with Crippen molar-refractivity contribution >= 4 is 41.8 Å². The van der Waals surface area contributed by atoms with Crippen molar-refractivity contribution in [3.63, 3.8) is 0 Å². The van der Waals surface area contributed by atoms with Crippen LogP contribution in [-0.2, 0) is 4.74 Å². The van der Waals surface area contributed by atoms with Crippen LogP contribution in [0, 0.1) is 11.8 Å². The molecular weight excluding hydrogens is 443 g/mol. The molecule has 0 N–H and O–H groups in total. The summed E-state index contributed by atoms with van der Waals surface area (Å²) in [7, 11) is 0. The number of fused-ring (bicyclic) bond motifs is 1. The highest BCUT2D eigenvalue weighted by atomic mass is 35.5. The number of pyridine rings is 1. The topological polar surface area (TPSA) is 91.8 Å². The minimum atomic E-state index is -1.05. The lowest BCUT2D eigenvalue weighted by molar-refractivity contribution is 0.0463. The Balaban J connectivity index is 0.00000272. The van der Waals surface area contributed by atoms with Crippen molar-refractivity contribution in [2.75, 3.05) is 37.6 Å². The summed E-state index contributed by atoms with van der Waals surface area (Å²) in [5.41, 5.74) is 0.416. The highest BCUT2D eigenvalue weighted by molar-refractivity contribution is 6.30. The first-order chi connectivity index (χ1) is 14.6. The monoisotopic (exact) mass is 462 g/mol. The second-order valence-electron chi connectivity index (χ2n) is 6.73. The van der Waals surface area contributed by atoms with Gasteiger partial charge in [-0.1, -0.05) is 17.5 Å². The Morgan fingerprint density at radius 2 is 1.94 bits per heavy atom. The Kier molecular flexibility index (Phi) is 7.28. The molecule has 31 heavy (non-hydrogen) atoms. The average molecular weight is 463 g/mol. The molecule has 2 aliphatic heterocycles. The van der Waals surface area contributed by atoms with Gasteiger partial charge in [0.05, 0.1) is 11.6 Å². The zero-order chi connectivity index (χ0) is 21.1. The van der Waals surface area contributed by atoms with E-state index in [1.165, 1.54) is 23.5 Å². The first kappa shape index (κ1) is 22.7. The first-order valence-electron chi connectivity index (χ1n) is 9.42. The number of rotatable bonds is 3. The Morgan fingerprint density at radius 1 is 1.19 bits per heavy atom. The van der Waals surface area contributed by atoms with Crippen molar-refractivity contribution in [1.82, 2.24) is 24.8 Å². The molecule has 2 aliphatic rings. The molecule has 2 aromatic heterocycles. The number of halogens is 2. The van der Waals surface area contributed by atoms with E-state index in [2.05, 4.69) is 31.7 Å². The van der Waals surface area contributed by atoms with Gasteiger partial charge in [0.25, 0.3) is 5.91 Å². The van der Waals surface area contributed by atoms with Crippen molar-refractivity contribution in [2.24, 2.45) is 0 Å². The number of amides is 2. The fraction of sp³-hybridized carbons (Fsp3) is 0.350. The number of aromatic nitrogens is 3. The van der Waals surface area contributed by atoms with E-state index in [-0.39, 0.29) is 23.8 Å². The van der Waals surface area contributed by atoms with Crippen LogP contribution in [0.15, 0.2) is 30.7 Å². The molecule has 1 fully saturated rings. The van der Waals surface area contributed by atoms with Crippen molar-refractivity contribution in [2.45, 2.75) is 13.2 Å². The number of ether oxygens (including phenoxy) is 1. The number of carbonyl (C=O) groups excluding carboxylic acids is 2. The fourth-order valence-electron chi connectivity index (χ4n) is 3.33. The molecule has 0 aromatic carbocycles. The van der Waals surface area contributed by atoms with Gasteiger partial charge in [0.2, 0.25) is 6.23 Å². The maximum absolute atomic E-state index is 12.9. The molecule has 1 atom stereocenters. The molecule has 11 heteroatoms. The van der Waals surface area contributed by atoms with E-state index < -0.39 is 18.2 Å². The summed E-state index contributed by atoms with van der Waals surface area (Å²) in [6.45, 7) is 4.90. The molecule has 4 rings (SSSR count). The summed E-state index contributed by atoms with van der Waals surface area (Å²) in [6, 6.07) is 3.19. The third-order valence-electron chi connectivity index (χ3n) is 4.90. The summed E-state index contributed by atoms with van der Waals surface area (Å²) < 4.78 is 5.73. The second-order valence-corrected chi connectivity index (χ2v) is 7.16. The van der Waals surface area contributed by atoms with Crippen LogP contribution in [0.2, 0.25) is 5.02 Å². The molecule has 162 valence electrons. The SMILES string of the molecule is CC#CCN1CCN(C(=O)O[C@H]2c3nccnc3C(=O)N2c2ccc(Cl)cn2)CC1.Cl. The lowest BCUT2D eigenvalue weighted by Crippen LogP contribution is -2.49. The van der Waals surface area contributed by atoms with Crippen molar-refractivity contribution < 1.29 is 14.3 Å². The van der Waals surface area contributed by atoms with Gasteiger partial charge in [0.15, 0.2) is 5.69 Å². The Hall–Kier alpha value is -2.93. The zero-order valence-electron chi connectivity index (χ0n) is 16.7. The van der Waals surface area contributed by atoms with E-state index in [0.717, 1.165) is 0 Å². The van der Waals surface area contributed by atoms with E-state index >= 15 is 0 Å². The summed E-state index contributed by atoms with van der Waals surface area (Å²) in [4.78, 5) is 43.4. The van der Waals surface area contributed by atoms with E-state index in [1.807, 2.05) is 0 Å². The quantitative estimate of drug-likeness (QED) is 0.646. The van der Waals surface area contributed by atoms with Crippen LogP contribution in [0.3, 0.4) is 0 Å². The number of hydrogen-bond donors (Lipinski definition) is 0. The number of carbonyl (C=O) groups is 2. The molecule has 4 heterocycles. The summed E-state index contributed by atoms with van der Waals surface area (Å²) in [5.74, 6) is 5.76. The van der Waals surface area contributed by atoms with Crippen molar-refractivity contribution in [1.29, 1.82) is 0 Å². The minimum Gasteiger partial charge on any atom is -0.419 e. The first-order valence-corrected chi connectivity index (χ1v) is 9.80. The fourth-order valence-corrected chi connectivity index (χ4v) is 3.44. The molecule has 2 aromatic rings. The van der Waals surface area contributed by atoms with Crippen LogP contribution >= 0.6 is 24.0 Å². The van der Waals surface area contributed by atoms with Gasteiger partial charge in [-0.2, -0.15) is 0 Å². The number of piperazine rings is 1. The largest absolute Gasteiger partial charge is 0.419 e. The lowest BCUT2D eigenvalue weighted by atomic mass is 10.3. The lowest BCUT2D eigenvalue weighted by Gasteiger charge is -2.34. The second kappa shape index (κ2) is 9.92. The van der Waals surface area contributed by atoms with Crippen LogP contribution in [0.5, 0.6) is 0 Å². The standard InChI is InChI=1S/C20H19ClN6O3.ClH/c1-2-3-8-25-9-11-26(12-10-25)20(29)30-19-17-16(22-6-7-23-17)18(28)27(19)15-5-4-14(21)13-24-15;/h4-7,13,19H,8-12H2,1H3;1H/t19-;/m0./s1. The van der Waals surface area contributed by atoms with Crippen LogP contribution in [0.1, 0.15) is 29.3 Å². The molecule has 1 saturated heterocycles. The Morgan fingerprint density at radius 3 is 2.61 bits per heavy atom. The predicted octanol–water partition coefficient (Wildman–Crippen LogP) is 2.38. The van der Waals surface area contributed by atoms with Crippen LogP contribution in [-0.4, -0.2) is 69.5 Å². The third kappa shape index (κ3) is 4.71. The van der Waals surface area contributed by atoms with Crippen molar-refractivity contribution in [3.05, 3.63) is 47.1 Å². The highest BCUT2D eigenvalue weighted by Gasteiger charge is 2.44. The molecule has 0 saturated carbocycles. The number of anilines is 1. The summed E-state index contributed by atoms with van der Waals surface area (Å²) in [5, 5.41) is 0.429. The molecule has 0 bridgehead atoms. The van der Waals surface area contributed by atoms with Crippen molar-refractivity contribution in [3.8, 4) is 11.8 Å². The summed E-state index contributed by atoms with van der Waals surface area (Å²) >= 11 is 5.91. The molecular formula is C20H20Cl2N6O3. The molecule has 0 radical (unpaired) electrons. The van der Waals surface area contributed by atoms with Gasteiger partial charge in [-0.25, -0.2) is 19.7 Å². The smallest absolute Gasteiger partial charge is 0.412 e. The van der Waals surface area contributed by atoms with Gasteiger partial charge >= 0.3 is 6.09 Å². The van der Waals surface area contributed by atoms with E-state index in [0.29, 0.717) is 43.6 Å². The van der Waals surface area contributed by atoms with E-state index in [1.54, 1.807) is 24.0 Å². The Bertz CT molecular complexity index is 1020. The van der Waals surface area contributed by atoms with Gasteiger partial charge in [-0.05, 0) is 19.1 Å².